The molecule has 0 spiro atoms. The summed E-state index contributed by atoms with van der Waals surface area (Å²) in [5, 5.41) is 5.31. The van der Waals surface area contributed by atoms with Gasteiger partial charge in [0, 0.05) is 36.4 Å². The van der Waals surface area contributed by atoms with Gasteiger partial charge in [0.1, 0.15) is 5.69 Å². The highest BCUT2D eigenvalue weighted by molar-refractivity contribution is 6.35. The number of nitrogens with zero attached hydrogens (tertiary/aromatic N) is 3. The largest absolute Gasteiger partial charge is 0.333 e. The van der Waals surface area contributed by atoms with Crippen molar-refractivity contribution < 1.29 is 4.79 Å². The van der Waals surface area contributed by atoms with Gasteiger partial charge in [-0.05, 0) is 35.7 Å². The van der Waals surface area contributed by atoms with E-state index in [1.807, 2.05) is 6.07 Å². The number of aromatic nitrogens is 2. The Morgan fingerprint density at radius 2 is 2.15 bits per heavy atom. The minimum absolute atomic E-state index is 0.0215. The fraction of sp³-hybridized carbons (Fsp3) is 0.286. The van der Waals surface area contributed by atoms with Crippen LogP contribution in [-0.2, 0) is 20.0 Å². The van der Waals surface area contributed by atoms with Crippen molar-refractivity contribution in [1.29, 1.82) is 0 Å². The van der Waals surface area contributed by atoms with Gasteiger partial charge in [0.05, 0.1) is 0 Å². The topological polar surface area (TPSA) is 38.1 Å². The van der Waals surface area contributed by atoms with Crippen LogP contribution >= 0.6 is 23.2 Å². The summed E-state index contributed by atoms with van der Waals surface area (Å²) < 4.78 is 1.59. The summed E-state index contributed by atoms with van der Waals surface area (Å²) in [6, 6.07) is 5.36. The van der Waals surface area contributed by atoms with Gasteiger partial charge in [0.25, 0.3) is 5.91 Å². The molecule has 0 saturated heterocycles. The van der Waals surface area contributed by atoms with Crippen LogP contribution in [0.4, 0.5) is 0 Å². The second-order valence-corrected chi connectivity index (χ2v) is 5.69. The van der Waals surface area contributed by atoms with Crippen LogP contribution in [-0.4, -0.2) is 27.1 Å². The van der Waals surface area contributed by atoms with E-state index in [9.17, 15) is 4.79 Å². The minimum Gasteiger partial charge on any atom is -0.333 e. The first-order valence-electron chi connectivity index (χ1n) is 6.30. The van der Waals surface area contributed by atoms with Gasteiger partial charge in [-0.15, -0.1) is 0 Å². The molecule has 1 aliphatic rings. The van der Waals surface area contributed by atoms with Gasteiger partial charge in [-0.1, -0.05) is 23.2 Å². The Morgan fingerprint density at radius 3 is 2.85 bits per heavy atom. The monoisotopic (exact) mass is 309 g/mol. The van der Waals surface area contributed by atoms with Gasteiger partial charge >= 0.3 is 0 Å². The van der Waals surface area contributed by atoms with Gasteiger partial charge < -0.3 is 4.90 Å². The summed E-state index contributed by atoms with van der Waals surface area (Å²) in [6.45, 7) is 1.18. The van der Waals surface area contributed by atoms with Crippen LogP contribution in [0.2, 0.25) is 10.0 Å². The van der Waals surface area contributed by atoms with Crippen LogP contribution in [0.5, 0.6) is 0 Å². The lowest BCUT2D eigenvalue weighted by atomic mass is 9.99. The Labute approximate surface area is 126 Å². The van der Waals surface area contributed by atoms with E-state index >= 15 is 0 Å². The standard InChI is InChI=1S/C14H13Cl2N3O/c1-18-13(2-4-17-18)14(20)19-5-3-11-9(8-19)6-10(15)7-12(11)16/h2,4,6-7H,3,5,8H2,1H3. The molecule has 1 aromatic heterocycles. The molecule has 1 amide bonds. The van der Waals surface area contributed by atoms with Crippen molar-refractivity contribution in [3.8, 4) is 0 Å². The lowest BCUT2D eigenvalue weighted by Gasteiger charge is -2.29. The maximum absolute atomic E-state index is 12.5. The van der Waals surface area contributed by atoms with Crippen molar-refractivity contribution in [2.75, 3.05) is 6.54 Å². The van der Waals surface area contributed by atoms with Gasteiger partial charge in [0.15, 0.2) is 0 Å². The number of aryl methyl sites for hydroxylation is 1. The molecule has 3 rings (SSSR count). The average Bonchev–Trinajstić information content (AvgIpc) is 2.83. The average molecular weight is 310 g/mol. The first kappa shape index (κ1) is 13.5. The van der Waals surface area contributed by atoms with Gasteiger partial charge in [-0.25, -0.2) is 0 Å². The molecule has 1 aliphatic heterocycles. The number of halogens is 2. The van der Waals surface area contributed by atoms with Crippen LogP contribution in [0.3, 0.4) is 0 Å². The molecule has 0 unspecified atom stereocenters. The SMILES string of the molecule is Cn1nccc1C(=O)N1CCc2c(Cl)cc(Cl)cc2C1. The lowest BCUT2D eigenvalue weighted by molar-refractivity contribution is 0.0723. The number of rotatable bonds is 1. The fourth-order valence-electron chi connectivity index (χ4n) is 2.53. The number of benzene rings is 1. The highest BCUT2D eigenvalue weighted by atomic mass is 35.5. The van der Waals surface area contributed by atoms with E-state index < -0.39 is 0 Å². The van der Waals surface area contributed by atoms with Gasteiger partial charge in [0.2, 0.25) is 0 Å². The van der Waals surface area contributed by atoms with Crippen molar-refractivity contribution in [1.82, 2.24) is 14.7 Å². The Balaban J connectivity index is 1.89. The van der Waals surface area contributed by atoms with Crippen LogP contribution in [0.1, 0.15) is 21.6 Å². The van der Waals surface area contributed by atoms with Crippen LogP contribution in [0.25, 0.3) is 0 Å². The quantitative estimate of drug-likeness (QED) is 0.812. The molecule has 0 atom stereocenters. The third kappa shape index (κ3) is 2.30. The summed E-state index contributed by atoms with van der Waals surface area (Å²) in [4.78, 5) is 14.3. The molecule has 20 heavy (non-hydrogen) atoms. The predicted molar refractivity (Wildman–Crippen MR) is 78.1 cm³/mol. The van der Waals surface area contributed by atoms with Gasteiger partial charge in [-0.2, -0.15) is 5.10 Å². The highest BCUT2D eigenvalue weighted by Crippen LogP contribution is 2.30. The Kier molecular flexibility index (Phi) is 3.44. The Morgan fingerprint density at radius 1 is 1.35 bits per heavy atom. The lowest BCUT2D eigenvalue weighted by Crippen LogP contribution is -2.37. The maximum atomic E-state index is 12.5. The normalized spacial score (nSPS) is 14.2. The van der Waals surface area contributed by atoms with Crippen LogP contribution in [0, 0.1) is 0 Å². The smallest absolute Gasteiger partial charge is 0.272 e. The number of carbonyl (C=O) groups is 1. The summed E-state index contributed by atoms with van der Waals surface area (Å²) in [6.07, 6.45) is 2.37. The number of hydrogen-bond donors (Lipinski definition) is 0. The molecule has 4 nitrogen and oxygen atoms in total. The summed E-state index contributed by atoms with van der Waals surface area (Å²) >= 11 is 12.2. The van der Waals surface area contributed by atoms with Crippen molar-refractivity contribution in [2.24, 2.45) is 7.05 Å². The molecule has 6 heteroatoms. The summed E-state index contributed by atoms with van der Waals surface area (Å²) in [5.74, 6) is -0.0215. The molecule has 0 radical (unpaired) electrons. The molecular weight excluding hydrogens is 297 g/mol. The molecule has 104 valence electrons. The van der Waals surface area contributed by atoms with Crippen molar-refractivity contribution >= 4 is 29.1 Å². The maximum Gasteiger partial charge on any atom is 0.272 e. The number of carbonyl (C=O) groups excluding carboxylic acids is 1. The molecular formula is C14H13Cl2N3O. The zero-order chi connectivity index (χ0) is 14.3. The zero-order valence-corrected chi connectivity index (χ0v) is 12.4. The number of hydrogen-bond acceptors (Lipinski definition) is 2. The van der Waals surface area contributed by atoms with E-state index in [0.29, 0.717) is 28.8 Å². The van der Waals surface area contributed by atoms with E-state index in [1.165, 1.54) is 0 Å². The van der Waals surface area contributed by atoms with E-state index in [0.717, 1.165) is 17.5 Å². The first-order chi connectivity index (χ1) is 9.56. The van der Waals surface area contributed by atoms with Crippen molar-refractivity contribution in [3.05, 3.63) is 51.3 Å². The predicted octanol–water partition coefficient (Wildman–Crippen LogP) is 2.93. The summed E-state index contributed by atoms with van der Waals surface area (Å²) in [5.41, 5.74) is 2.69. The van der Waals surface area contributed by atoms with E-state index in [-0.39, 0.29) is 5.91 Å². The molecule has 0 N–H and O–H groups in total. The number of fused-ring (bicyclic) bond motifs is 1. The van der Waals surface area contributed by atoms with Crippen LogP contribution in [0.15, 0.2) is 24.4 Å². The van der Waals surface area contributed by atoms with E-state index in [2.05, 4.69) is 5.10 Å². The molecule has 0 bridgehead atoms. The molecule has 1 aromatic carbocycles. The molecule has 2 aromatic rings. The van der Waals surface area contributed by atoms with Crippen molar-refractivity contribution in [2.45, 2.75) is 13.0 Å². The second kappa shape index (κ2) is 5.11. The Hall–Kier alpha value is -1.52. The second-order valence-electron chi connectivity index (χ2n) is 4.84. The van der Waals surface area contributed by atoms with Crippen molar-refractivity contribution in [3.63, 3.8) is 0 Å². The molecule has 0 fully saturated rings. The fourth-order valence-corrected chi connectivity index (χ4v) is 3.16. The van der Waals surface area contributed by atoms with Gasteiger partial charge in [-0.3, -0.25) is 9.48 Å². The zero-order valence-electron chi connectivity index (χ0n) is 10.9. The summed E-state index contributed by atoms with van der Waals surface area (Å²) in [7, 11) is 1.76. The van der Waals surface area contributed by atoms with E-state index in [4.69, 9.17) is 23.2 Å². The van der Waals surface area contributed by atoms with Crippen LogP contribution < -0.4 is 0 Å². The highest BCUT2D eigenvalue weighted by Gasteiger charge is 2.25. The molecule has 0 saturated carbocycles. The van der Waals surface area contributed by atoms with E-state index in [1.54, 1.807) is 35.0 Å². The Bertz CT molecular complexity index is 681. The molecule has 2 heterocycles. The minimum atomic E-state index is -0.0215. The number of amides is 1. The first-order valence-corrected chi connectivity index (χ1v) is 7.06. The molecule has 0 aliphatic carbocycles. The third-order valence-electron chi connectivity index (χ3n) is 3.57. The third-order valence-corrected chi connectivity index (χ3v) is 4.13.